The quantitative estimate of drug-likeness (QED) is 0.256. The molecule has 0 bridgehead atoms. The van der Waals surface area contributed by atoms with Crippen molar-refractivity contribution in [1.29, 1.82) is 0 Å². The summed E-state index contributed by atoms with van der Waals surface area (Å²) in [5, 5.41) is 17.1. The standard InChI is InChI=1S/C29H29F2N3O2S/c1-2-19-6-5-7-20(12-19)17-32-18-26(35)25(15-21-13-22(30)16-23(31)14-21)34-29(36)28-10-9-27(37-28)24-8-3-4-11-33-24/h3-14,16,25-26,32,35H,2,15,17-18H2,1H3,(H,34,36). The molecule has 2 aromatic carbocycles. The first kappa shape index (κ1) is 26.6. The highest BCUT2D eigenvalue weighted by molar-refractivity contribution is 7.17. The Morgan fingerprint density at radius 2 is 1.76 bits per heavy atom. The van der Waals surface area contributed by atoms with Gasteiger partial charge in [-0.15, -0.1) is 11.3 Å². The summed E-state index contributed by atoms with van der Waals surface area (Å²) in [7, 11) is 0. The largest absolute Gasteiger partial charge is 0.390 e. The third-order valence-corrected chi connectivity index (χ3v) is 7.09. The summed E-state index contributed by atoms with van der Waals surface area (Å²) in [6.07, 6.45) is 1.68. The monoisotopic (exact) mass is 521 g/mol. The number of aliphatic hydroxyl groups is 1. The Labute approximate surface area is 219 Å². The number of pyridine rings is 1. The molecule has 37 heavy (non-hydrogen) atoms. The van der Waals surface area contributed by atoms with Crippen molar-refractivity contribution in [2.24, 2.45) is 0 Å². The molecule has 4 aromatic rings. The van der Waals surface area contributed by atoms with Crippen LogP contribution in [0.5, 0.6) is 0 Å². The van der Waals surface area contributed by atoms with Crippen molar-refractivity contribution < 1.29 is 18.7 Å². The van der Waals surface area contributed by atoms with E-state index in [1.165, 1.54) is 29.0 Å². The lowest BCUT2D eigenvalue weighted by atomic mass is 10.0. The van der Waals surface area contributed by atoms with Crippen LogP contribution in [-0.4, -0.2) is 34.7 Å². The number of nitrogens with one attached hydrogen (secondary N) is 2. The zero-order valence-corrected chi connectivity index (χ0v) is 21.3. The maximum absolute atomic E-state index is 13.8. The Balaban J connectivity index is 1.46. The van der Waals surface area contributed by atoms with Gasteiger partial charge in [0.15, 0.2) is 0 Å². The second-order valence-electron chi connectivity index (χ2n) is 8.81. The van der Waals surface area contributed by atoms with Crippen LogP contribution in [0.4, 0.5) is 8.78 Å². The smallest absolute Gasteiger partial charge is 0.261 e. The van der Waals surface area contributed by atoms with E-state index >= 15 is 0 Å². The molecule has 0 radical (unpaired) electrons. The molecule has 5 nitrogen and oxygen atoms in total. The van der Waals surface area contributed by atoms with Crippen molar-refractivity contribution in [1.82, 2.24) is 15.6 Å². The van der Waals surface area contributed by atoms with Gasteiger partial charge in [-0.1, -0.05) is 37.3 Å². The molecule has 8 heteroatoms. The highest BCUT2D eigenvalue weighted by atomic mass is 32.1. The molecule has 3 N–H and O–H groups in total. The summed E-state index contributed by atoms with van der Waals surface area (Å²) in [5.41, 5.74) is 3.41. The normalized spacial score (nSPS) is 12.8. The molecule has 0 saturated carbocycles. The van der Waals surface area contributed by atoms with Gasteiger partial charge in [-0.3, -0.25) is 9.78 Å². The molecular formula is C29H29F2N3O2S. The number of thiophene rings is 1. The van der Waals surface area contributed by atoms with Crippen molar-refractivity contribution in [3.63, 3.8) is 0 Å². The number of aliphatic hydroxyl groups excluding tert-OH is 1. The Morgan fingerprint density at radius 3 is 2.49 bits per heavy atom. The van der Waals surface area contributed by atoms with E-state index in [-0.39, 0.29) is 18.9 Å². The molecule has 0 aliphatic carbocycles. The first-order valence-electron chi connectivity index (χ1n) is 12.1. The summed E-state index contributed by atoms with van der Waals surface area (Å²) >= 11 is 1.29. The number of carbonyl (C=O) groups excluding carboxylic acids is 1. The van der Waals surface area contributed by atoms with Gasteiger partial charge in [-0.25, -0.2) is 8.78 Å². The molecule has 2 atom stereocenters. The molecule has 2 unspecified atom stereocenters. The number of halogens is 2. The van der Waals surface area contributed by atoms with Crippen LogP contribution in [0.25, 0.3) is 10.6 Å². The summed E-state index contributed by atoms with van der Waals surface area (Å²) in [4.78, 5) is 18.7. The molecule has 4 rings (SSSR count). The zero-order valence-electron chi connectivity index (χ0n) is 20.5. The van der Waals surface area contributed by atoms with Crippen molar-refractivity contribution >= 4 is 17.2 Å². The van der Waals surface area contributed by atoms with E-state index in [0.717, 1.165) is 28.6 Å². The van der Waals surface area contributed by atoms with Gasteiger partial charge in [-0.2, -0.15) is 0 Å². The summed E-state index contributed by atoms with van der Waals surface area (Å²) in [6.45, 7) is 2.81. The van der Waals surface area contributed by atoms with E-state index in [1.54, 1.807) is 12.3 Å². The number of hydrogen-bond acceptors (Lipinski definition) is 5. The van der Waals surface area contributed by atoms with Crippen LogP contribution < -0.4 is 10.6 Å². The number of carbonyl (C=O) groups is 1. The van der Waals surface area contributed by atoms with E-state index in [1.807, 2.05) is 36.4 Å². The van der Waals surface area contributed by atoms with Crippen molar-refractivity contribution in [3.05, 3.63) is 112 Å². The lowest BCUT2D eigenvalue weighted by Crippen LogP contribution is -2.48. The molecule has 0 saturated heterocycles. The fourth-order valence-corrected chi connectivity index (χ4v) is 4.96. The number of amides is 1. The van der Waals surface area contributed by atoms with Crippen LogP contribution >= 0.6 is 11.3 Å². The van der Waals surface area contributed by atoms with E-state index in [0.29, 0.717) is 17.0 Å². The highest BCUT2D eigenvalue weighted by Crippen LogP contribution is 2.26. The molecule has 0 aliphatic heterocycles. The SMILES string of the molecule is CCc1cccc(CNCC(O)C(Cc2cc(F)cc(F)c2)NC(=O)c2ccc(-c3ccccn3)s2)c1. The first-order chi connectivity index (χ1) is 17.9. The Bertz CT molecular complexity index is 1310. The van der Waals surface area contributed by atoms with Gasteiger partial charge in [-0.05, 0) is 65.9 Å². The lowest BCUT2D eigenvalue weighted by molar-refractivity contribution is 0.0833. The van der Waals surface area contributed by atoms with Crippen LogP contribution in [0, 0.1) is 11.6 Å². The van der Waals surface area contributed by atoms with Crippen molar-refractivity contribution in [2.75, 3.05) is 6.54 Å². The average molecular weight is 522 g/mol. The molecule has 2 aromatic heterocycles. The van der Waals surface area contributed by atoms with Crippen LogP contribution in [-0.2, 0) is 19.4 Å². The maximum atomic E-state index is 13.8. The second kappa shape index (κ2) is 12.7. The van der Waals surface area contributed by atoms with E-state index in [2.05, 4.69) is 34.7 Å². The van der Waals surface area contributed by atoms with Gasteiger partial charge in [0.1, 0.15) is 11.6 Å². The maximum Gasteiger partial charge on any atom is 0.261 e. The van der Waals surface area contributed by atoms with E-state index in [4.69, 9.17) is 0 Å². The second-order valence-corrected chi connectivity index (χ2v) is 9.90. The Hall–Kier alpha value is -3.46. The molecule has 1 amide bonds. The van der Waals surface area contributed by atoms with Gasteiger partial charge >= 0.3 is 0 Å². The van der Waals surface area contributed by atoms with Crippen molar-refractivity contribution in [3.8, 4) is 10.6 Å². The van der Waals surface area contributed by atoms with Gasteiger partial charge in [0.05, 0.1) is 27.6 Å². The number of aromatic nitrogens is 1. The van der Waals surface area contributed by atoms with Gasteiger partial charge in [0.25, 0.3) is 5.91 Å². The summed E-state index contributed by atoms with van der Waals surface area (Å²) in [6, 6.07) is 19.7. The Morgan fingerprint density at radius 1 is 0.973 bits per heavy atom. The number of hydrogen-bond donors (Lipinski definition) is 3. The first-order valence-corrected chi connectivity index (χ1v) is 13.0. The minimum Gasteiger partial charge on any atom is -0.390 e. The average Bonchev–Trinajstić information content (AvgIpc) is 3.39. The Kier molecular flexibility index (Phi) is 9.11. The molecule has 0 spiro atoms. The molecular weight excluding hydrogens is 492 g/mol. The number of benzene rings is 2. The third-order valence-electron chi connectivity index (χ3n) is 5.99. The van der Waals surface area contributed by atoms with E-state index < -0.39 is 23.8 Å². The minimum atomic E-state index is -1.00. The van der Waals surface area contributed by atoms with E-state index in [9.17, 15) is 18.7 Å². The number of nitrogens with zero attached hydrogens (tertiary/aromatic N) is 1. The van der Waals surface area contributed by atoms with Crippen LogP contribution in [0.15, 0.2) is 79.0 Å². The summed E-state index contributed by atoms with van der Waals surface area (Å²) < 4.78 is 27.6. The minimum absolute atomic E-state index is 0.0626. The lowest BCUT2D eigenvalue weighted by Gasteiger charge is -2.25. The topological polar surface area (TPSA) is 74.2 Å². The summed E-state index contributed by atoms with van der Waals surface area (Å²) in [5.74, 6) is -1.78. The zero-order chi connectivity index (χ0) is 26.2. The molecule has 0 aliphatic rings. The van der Waals surface area contributed by atoms with Crippen molar-refractivity contribution in [2.45, 2.75) is 38.5 Å². The molecule has 192 valence electrons. The van der Waals surface area contributed by atoms with Gasteiger partial charge < -0.3 is 15.7 Å². The fraction of sp³-hybridized carbons (Fsp3) is 0.241. The number of aryl methyl sites for hydroxylation is 1. The third kappa shape index (κ3) is 7.52. The number of rotatable bonds is 11. The fourth-order valence-electron chi connectivity index (χ4n) is 4.08. The molecule has 0 fully saturated rings. The van der Waals surface area contributed by atoms with Crippen LogP contribution in [0.3, 0.4) is 0 Å². The van der Waals surface area contributed by atoms with Crippen LogP contribution in [0.1, 0.15) is 33.3 Å². The molecule has 2 heterocycles. The highest BCUT2D eigenvalue weighted by Gasteiger charge is 2.24. The van der Waals surface area contributed by atoms with Gasteiger partial charge in [0.2, 0.25) is 0 Å². The van der Waals surface area contributed by atoms with Crippen LogP contribution in [0.2, 0.25) is 0 Å². The van der Waals surface area contributed by atoms with Gasteiger partial charge in [0, 0.05) is 25.4 Å². The predicted octanol–water partition coefficient (Wildman–Crippen LogP) is 5.14. The predicted molar refractivity (Wildman–Crippen MR) is 142 cm³/mol.